The zero-order valence-corrected chi connectivity index (χ0v) is 18.0. The molecule has 1 amide bonds. The molecule has 0 saturated carbocycles. The van der Waals surface area contributed by atoms with E-state index in [0.717, 1.165) is 16.6 Å². The Bertz CT molecular complexity index is 1110. The summed E-state index contributed by atoms with van der Waals surface area (Å²) in [5, 5.41) is 7.03. The topological polar surface area (TPSA) is 182 Å². The summed E-state index contributed by atoms with van der Waals surface area (Å²) in [5.41, 5.74) is 13.1. The van der Waals surface area contributed by atoms with Crippen LogP contribution in [0.5, 0.6) is 0 Å². The van der Waals surface area contributed by atoms with Gasteiger partial charge in [0.2, 0.25) is 11.9 Å². The summed E-state index contributed by atoms with van der Waals surface area (Å²) in [6.45, 7) is 3.46. The number of amides is 1. The molecular formula is C19H26N6O5S. The third kappa shape index (κ3) is 6.06. The molecule has 0 radical (unpaired) electrons. The molecule has 0 aliphatic rings. The molecule has 0 saturated heterocycles. The predicted octanol–water partition coefficient (Wildman–Crippen LogP) is 0.351. The van der Waals surface area contributed by atoms with Gasteiger partial charge in [-0.15, -0.1) is 0 Å². The minimum Gasteiger partial charge on any atom is -0.368 e. The van der Waals surface area contributed by atoms with Gasteiger partial charge in [-0.2, -0.15) is 0 Å². The standard InChI is InChI=1S/C19H26N6O5S/c1-3-13-5-7-14(8-6-13)31(28,29)24-15-9-4-12(2)25(18(15)27)16(17(20)26)10-11-30-23-19(21)22/h4-9,16,24H,3,10-11H2,1-2H3,(H2,20,26)(H4,21,22,23). The molecule has 31 heavy (non-hydrogen) atoms. The maximum absolute atomic E-state index is 13.0. The molecule has 12 heteroatoms. The van der Waals surface area contributed by atoms with Crippen LogP contribution in [0.1, 0.15) is 30.6 Å². The number of primary amides is 1. The molecule has 168 valence electrons. The number of nitrogens with two attached hydrogens (primary N) is 2. The van der Waals surface area contributed by atoms with Crippen molar-refractivity contribution in [2.75, 3.05) is 11.3 Å². The molecule has 0 aliphatic heterocycles. The Hall–Kier alpha value is -3.38. The SMILES string of the molecule is CCc1ccc(S(=O)(=O)Nc2ccc(C)n(C(CCONC(=N)N)C(N)=O)c2=O)cc1. The van der Waals surface area contributed by atoms with Crippen LogP contribution in [0.2, 0.25) is 0 Å². The van der Waals surface area contributed by atoms with Crippen molar-refractivity contribution in [3.63, 3.8) is 0 Å². The van der Waals surface area contributed by atoms with E-state index in [0.29, 0.717) is 5.69 Å². The van der Waals surface area contributed by atoms with E-state index in [9.17, 15) is 18.0 Å². The fraction of sp³-hybridized carbons (Fsp3) is 0.316. The lowest BCUT2D eigenvalue weighted by atomic mass is 10.1. The van der Waals surface area contributed by atoms with Crippen LogP contribution in [0.15, 0.2) is 46.1 Å². The monoisotopic (exact) mass is 450 g/mol. The molecular weight excluding hydrogens is 424 g/mol. The molecule has 1 unspecified atom stereocenters. The lowest BCUT2D eigenvalue weighted by molar-refractivity contribution is -0.122. The number of aromatic nitrogens is 1. The fourth-order valence-corrected chi connectivity index (χ4v) is 3.97. The highest BCUT2D eigenvalue weighted by molar-refractivity contribution is 7.92. The highest BCUT2D eigenvalue weighted by atomic mass is 32.2. The second kappa shape index (κ2) is 10.1. The first-order chi connectivity index (χ1) is 14.6. The molecule has 1 aromatic heterocycles. The Balaban J connectivity index is 2.34. The van der Waals surface area contributed by atoms with E-state index in [-0.39, 0.29) is 23.6 Å². The summed E-state index contributed by atoms with van der Waals surface area (Å²) >= 11 is 0. The molecule has 2 aromatic rings. The van der Waals surface area contributed by atoms with Gasteiger partial charge in [-0.25, -0.2) is 13.9 Å². The second-order valence-corrected chi connectivity index (χ2v) is 8.42. The van der Waals surface area contributed by atoms with Crippen molar-refractivity contribution >= 4 is 27.6 Å². The molecule has 11 nitrogen and oxygen atoms in total. The Kier molecular flexibility index (Phi) is 7.78. The highest BCUT2D eigenvalue weighted by Gasteiger charge is 2.24. The minimum atomic E-state index is -4.02. The summed E-state index contributed by atoms with van der Waals surface area (Å²) in [5.74, 6) is -1.22. The number of guanidine groups is 1. The van der Waals surface area contributed by atoms with Gasteiger partial charge in [0.15, 0.2) is 0 Å². The number of sulfonamides is 1. The Labute approximate surface area is 179 Å². The smallest absolute Gasteiger partial charge is 0.275 e. The third-order valence-electron chi connectivity index (χ3n) is 4.52. The van der Waals surface area contributed by atoms with E-state index < -0.39 is 33.5 Å². The Morgan fingerprint density at radius 1 is 1.19 bits per heavy atom. The average molecular weight is 451 g/mol. The lowest BCUT2D eigenvalue weighted by Gasteiger charge is -2.20. The first-order valence-electron chi connectivity index (χ1n) is 9.42. The van der Waals surface area contributed by atoms with Gasteiger partial charge in [0.05, 0.1) is 11.5 Å². The number of hydrogen-bond acceptors (Lipinski definition) is 6. The van der Waals surface area contributed by atoms with Gasteiger partial charge in [-0.05, 0) is 43.2 Å². The number of carbonyl (C=O) groups is 1. The number of nitrogens with zero attached hydrogens (tertiary/aromatic N) is 1. The number of carbonyl (C=O) groups excluding carboxylic acids is 1. The van der Waals surface area contributed by atoms with Gasteiger partial charge >= 0.3 is 0 Å². The van der Waals surface area contributed by atoms with E-state index in [1.165, 1.54) is 24.3 Å². The van der Waals surface area contributed by atoms with E-state index in [1.807, 2.05) is 6.92 Å². The summed E-state index contributed by atoms with van der Waals surface area (Å²) in [6, 6.07) is 8.04. The zero-order chi connectivity index (χ0) is 23.2. The number of rotatable bonds is 10. The number of hydroxylamine groups is 1. The maximum Gasteiger partial charge on any atom is 0.275 e. The van der Waals surface area contributed by atoms with Gasteiger partial charge in [0, 0.05) is 12.1 Å². The van der Waals surface area contributed by atoms with Crippen LogP contribution < -0.4 is 27.2 Å². The Morgan fingerprint density at radius 3 is 2.39 bits per heavy atom. The van der Waals surface area contributed by atoms with Crippen molar-refractivity contribution in [2.24, 2.45) is 11.5 Å². The van der Waals surface area contributed by atoms with Crippen molar-refractivity contribution in [1.82, 2.24) is 10.0 Å². The summed E-state index contributed by atoms with van der Waals surface area (Å²) in [7, 11) is -4.02. The van der Waals surface area contributed by atoms with Gasteiger partial charge in [0.1, 0.15) is 11.7 Å². The largest absolute Gasteiger partial charge is 0.368 e. The first-order valence-corrected chi connectivity index (χ1v) is 10.9. The van der Waals surface area contributed by atoms with Crippen LogP contribution in [0.25, 0.3) is 0 Å². The Morgan fingerprint density at radius 2 is 1.84 bits per heavy atom. The maximum atomic E-state index is 13.0. The van der Waals surface area contributed by atoms with Crippen LogP contribution in [0, 0.1) is 12.3 Å². The first kappa shape index (κ1) is 23.9. The molecule has 1 heterocycles. The second-order valence-electron chi connectivity index (χ2n) is 6.74. The van der Waals surface area contributed by atoms with Gasteiger partial charge in [0.25, 0.3) is 15.6 Å². The lowest BCUT2D eigenvalue weighted by Crippen LogP contribution is -2.38. The van der Waals surface area contributed by atoms with E-state index in [2.05, 4.69) is 10.2 Å². The van der Waals surface area contributed by atoms with Gasteiger partial charge in [-0.1, -0.05) is 19.1 Å². The van der Waals surface area contributed by atoms with E-state index >= 15 is 0 Å². The van der Waals surface area contributed by atoms with Crippen LogP contribution in [-0.2, 0) is 26.1 Å². The summed E-state index contributed by atoms with van der Waals surface area (Å²) in [4.78, 5) is 29.9. The van der Waals surface area contributed by atoms with E-state index in [1.54, 1.807) is 19.1 Å². The number of benzene rings is 1. The van der Waals surface area contributed by atoms with Crippen LogP contribution >= 0.6 is 0 Å². The van der Waals surface area contributed by atoms with E-state index in [4.69, 9.17) is 21.7 Å². The molecule has 0 spiro atoms. The zero-order valence-electron chi connectivity index (χ0n) is 17.2. The minimum absolute atomic E-state index is 0.00591. The van der Waals surface area contributed by atoms with Crippen molar-refractivity contribution in [2.45, 2.75) is 37.6 Å². The molecule has 0 bridgehead atoms. The van der Waals surface area contributed by atoms with Crippen LogP contribution in [-0.4, -0.2) is 31.5 Å². The molecule has 0 fully saturated rings. The van der Waals surface area contributed by atoms with Crippen molar-refractivity contribution in [1.29, 1.82) is 5.41 Å². The molecule has 7 N–H and O–H groups in total. The van der Waals surface area contributed by atoms with Crippen molar-refractivity contribution in [3.05, 3.63) is 58.0 Å². The average Bonchev–Trinajstić information content (AvgIpc) is 2.71. The number of anilines is 1. The third-order valence-corrected chi connectivity index (χ3v) is 5.90. The number of hydrogen-bond donors (Lipinski definition) is 5. The fourth-order valence-electron chi connectivity index (χ4n) is 2.92. The number of aryl methyl sites for hydroxylation is 2. The normalized spacial score (nSPS) is 12.2. The predicted molar refractivity (Wildman–Crippen MR) is 116 cm³/mol. The van der Waals surface area contributed by atoms with Gasteiger partial charge < -0.3 is 11.5 Å². The van der Waals surface area contributed by atoms with Crippen molar-refractivity contribution in [3.8, 4) is 0 Å². The van der Waals surface area contributed by atoms with Crippen molar-refractivity contribution < 1.29 is 18.0 Å². The van der Waals surface area contributed by atoms with Gasteiger partial charge in [-0.3, -0.25) is 29.1 Å². The number of pyridine rings is 1. The summed E-state index contributed by atoms with van der Waals surface area (Å²) in [6.07, 6.45) is 0.752. The molecule has 0 aliphatic carbocycles. The molecule has 2 rings (SSSR count). The highest BCUT2D eigenvalue weighted by Crippen LogP contribution is 2.18. The molecule has 1 atom stereocenters. The van der Waals surface area contributed by atoms with Crippen LogP contribution in [0.3, 0.4) is 0 Å². The van der Waals surface area contributed by atoms with Crippen LogP contribution in [0.4, 0.5) is 5.69 Å². The number of nitrogens with one attached hydrogen (secondary N) is 3. The molecule has 1 aromatic carbocycles. The quantitative estimate of drug-likeness (QED) is 0.150. The summed E-state index contributed by atoms with van der Waals surface area (Å²) < 4.78 is 28.8.